The fourth-order valence-corrected chi connectivity index (χ4v) is 6.16. The minimum atomic E-state index is -0.292. The zero-order valence-corrected chi connectivity index (χ0v) is 21.9. The number of fused-ring (bicyclic) bond motifs is 4. The molecular weight excluding hydrogens is 557 g/mol. The zero-order valence-electron chi connectivity index (χ0n) is 20.4. The molecule has 1 fully saturated rings. The van der Waals surface area contributed by atoms with Crippen LogP contribution in [0.1, 0.15) is 29.9 Å². The molecule has 3 unspecified atom stereocenters. The predicted octanol–water partition coefficient (Wildman–Crippen LogP) is 3.62. The molecule has 1 amide bonds. The third-order valence-electron chi connectivity index (χ3n) is 7.56. The van der Waals surface area contributed by atoms with Crippen LogP contribution in [0, 0.1) is 5.92 Å². The number of hydrogen-bond acceptors (Lipinski definition) is 8. The van der Waals surface area contributed by atoms with Crippen LogP contribution in [0.4, 0.5) is 5.69 Å². The van der Waals surface area contributed by atoms with Crippen LogP contribution in [-0.2, 0) is 4.79 Å². The Bertz CT molecular complexity index is 1920. The molecular formula is C26H17Cl2N9O3. The van der Waals surface area contributed by atoms with Crippen LogP contribution in [0.5, 0.6) is 5.88 Å². The summed E-state index contributed by atoms with van der Waals surface area (Å²) in [7, 11) is 0. The number of H-pyrrole nitrogens is 1. The molecule has 1 aliphatic carbocycles. The topological polar surface area (TPSA) is 146 Å². The summed E-state index contributed by atoms with van der Waals surface area (Å²) in [6.45, 7) is -0.107. The summed E-state index contributed by atoms with van der Waals surface area (Å²) in [5.74, 6) is 1.10. The first-order valence-electron chi connectivity index (χ1n) is 12.4. The molecule has 2 N–H and O–H groups in total. The lowest BCUT2D eigenvalue weighted by Gasteiger charge is -2.18. The predicted molar refractivity (Wildman–Crippen MR) is 144 cm³/mol. The van der Waals surface area contributed by atoms with Gasteiger partial charge in [-0.3, -0.25) is 9.59 Å². The maximum absolute atomic E-state index is 13.6. The van der Waals surface area contributed by atoms with Gasteiger partial charge in [0, 0.05) is 28.3 Å². The monoisotopic (exact) mass is 573 g/mol. The van der Waals surface area contributed by atoms with Gasteiger partial charge in [0.1, 0.15) is 23.5 Å². The lowest BCUT2D eigenvalue weighted by molar-refractivity contribution is -0.118. The molecule has 0 spiro atoms. The molecule has 8 rings (SSSR count). The van der Waals surface area contributed by atoms with Gasteiger partial charge in [-0.05, 0) is 64.7 Å². The second-order valence-electron chi connectivity index (χ2n) is 9.92. The third kappa shape index (κ3) is 3.56. The van der Waals surface area contributed by atoms with E-state index < -0.39 is 0 Å². The van der Waals surface area contributed by atoms with E-state index >= 15 is 0 Å². The van der Waals surface area contributed by atoms with Crippen LogP contribution < -0.4 is 15.6 Å². The summed E-state index contributed by atoms with van der Waals surface area (Å²) in [6, 6.07) is 12.2. The normalized spacial score (nSPS) is 20.4. The van der Waals surface area contributed by atoms with Gasteiger partial charge in [0.2, 0.25) is 5.88 Å². The SMILES string of the molecule is O=C1COc2nc(-c3[nH]c(C4C5CC5c5cc(-c6cc(Cl)ccc6-n6cnnn6)cc(=O)n54)nc3Cl)ccc2N1. The number of tetrazole rings is 1. The molecule has 6 heterocycles. The highest BCUT2D eigenvalue weighted by Crippen LogP contribution is 2.60. The number of nitrogens with one attached hydrogen (secondary N) is 2. The third-order valence-corrected chi connectivity index (χ3v) is 8.06. The van der Waals surface area contributed by atoms with Gasteiger partial charge in [0.15, 0.2) is 11.8 Å². The van der Waals surface area contributed by atoms with E-state index in [0.29, 0.717) is 39.5 Å². The number of nitrogens with zero attached hydrogens (tertiary/aromatic N) is 7. The van der Waals surface area contributed by atoms with Crippen molar-refractivity contribution in [1.29, 1.82) is 0 Å². The number of ether oxygens (including phenoxy) is 1. The van der Waals surface area contributed by atoms with Gasteiger partial charge in [-0.15, -0.1) is 5.10 Å². The second-order valence-corrected chi connectivity index (χ2v) is 10.7. The summed E-state index contributed by atoms with van der Waals surface area (Å²) in [5.41, 5.74) is 4.50. The van der Waals surface area contributed by atoms with E-state index in [4.69, 9.17) is 27.9 Å². The molecule has 198 valence electrons. The first kappa shape index (κ1) is 23.3. The van der Waals surface area contributed by atoms with Crippen molar-refractivity contribution in [2.45, 2.75) is 18.4 Å². The molecule has 0 bridgehead atoms. The summed E-state index contributed by atoms with van der Waals surface area (Å²) in [5, 5.41) is 15.0. The average Bonchev–Trinajstić information content (AvgIpc) is 3.24. The van der Waals surface area contributed by atoms with Crippen LogP contribution in [0.2, 0.25) is 10.2 Å². The second kappa shape index (κ2) is 8.47. The molecule has 1 aromatic carbocycles. The first-order chi connectivity index (χ1) is 19.4. The van der Waals surface area contributed by atoms with Crippen LogP contribution in [0.3, 0.4) is 0 Å². The van der Waals surface area contributed by atoms with Gasteiger partial charge in [0.25, 0.3) is 11.5 Å². The minimum absolute atomic E-state index is 0.107. The molecule has 3 atom stereocenters. The van der Waals surface area contributed by atoms with E-state index in [1.54, 1.807) is 39.6 Å². The Labute approximate surface area is 234 Å². The number of carbonyl (C=O) groups is 1. The van der Waals surface area contributed by atoms with E-state index in [1.807, 2.05) is 12.1 Å². The van der Waals surface area contributed by atoms with Gasteiger partial charge in [-0.1, -0.05) is 23.2 Å². The highest BCUT2D eigenvalue weighted by atomic mass is 35.5. The van der Waals surface area contributed by atoms with Gasteiger partial charge >= 0.3 is 0 Å². The standard InChI is InChI=1S/C26H17Cl2N9O3/c27-12-1-4-18(36-10-29-34-35-36)13(7-12)11-5-19-14-8-15(14)23(37(19)21(39)6-11)25-32-22(24(28)33-25)16-2-3-17-26(31-16)40-9-20(38)30-17/h1-7,10,14-15,23H,8-9H2,(H,30,38)(H,32,33). The van der Waals surface area contributed by atoms with Gasteiger partial charge in [-0.2, -0.15) is 4.68 Å². The molecule has 1 saturated carbocycles. The molecule has 14 heteroatoms. The molecule has 0 radical (unpaired) electrons. The van der Waals surface area contributed by atoms with E-state index in [9.17, 15) is 9.59 Å². The number of halogens is 2. The maximum atomic E-state index is 13.6. The van der Waals surface area contributed by atoms with Crippen molar-refractivity contribution in [3.05, 3.63) is 80.8 Å². The number of benzene rings is 1. The van der Waals surface area contributed by atoms with Crippen LogP contribution in [0.25, 0.3) is 28.2 Å². The molecule has 4 aromatic heterocycles. The number of amides is 1. The number of rotatable bonds is 4. The summed E-state index contributed by atoms with van der Waals surface area (Å²) in [6.07, 6.45) is 2.43. The van der Waals surface area contributed by atoms with Gasteiger partial charge < -0.3 is 19.6 Å². The number of hydrogen-bond donors (Lipinski definition) is 2. The average molecular weight is 574 g/mol. The Morgan fingerprint density at radius 3 is 2.80 bits per heavy atom. The number of aromatic amines is 1. The van der Waals surface area contributed by atoms with Crippen molar-refractivity contribution >= 4 is 34.8 Å². The van der Waals surface area contributed by atoms with E-state index in [2.05, 4.69) is 35.8 Å². The molecule has 40 heavy (non-hydrogen) atoms. The van der Waals surface area contributed by atoms with Crippen molar-refractivity contribution < 1.29 is 9.53 Å². The number of aromatic nitrogens is 8. The Morgan fingerprint density at radius 1 is 1.05 bits per heavy atom. The first-order valence-corrected chi connectivity index (χ1v) is 13.2. The summed E-state index contributed by atoms with van der Waals surface area (Å²) < 4.78 is 8.78. The number of pyridine rings is 2. The van der Waals surface area contributed by atoms with Gasteiger partial charge in [0.05, 0.1) is 17.4 Å². The minimum Gasteiger partial charge on any atom is -0.466 e. The Morgan fingerprint density at radius 2 is 1.95 bits per heavy atom. The van der Waals surface area contributed by atoms with Crippen LogP contribution >= 0.6 is 23.2 Å². The Balaban J connectivity index is 1.19. The lowest BCUT2D eigenvalue weighted by Crippen LogP contribution is -2.26. The molecule has 3 aliphatic rings. The van der Waals surface area contributed by atoms with E-state index in [1.165, 1.54) is 6.33 Å². The van der Waals surface area contributed by atoms with Crippen molar-refractivity contribution in [3.8, 4) is 34.1 Å². The molecule has 0 saturated heterocycles. The smallest absolute Gasteiger partial charge is 0.262 e. The summed E-state index contributed by atoms with van der Waals surface area (Å²) in [4.78, 5) is 37.6. The highest BCUT2D eigenvalue weighted by Gasteiger charge is 2.54. The highest BCUT2D eigenvalue weighted by molar-refractivity contribution is 6.32. The largest absolute Gasteiger partial charge is 0.466 e. The lowest BCUT2D eigenvalue weighted by atomic mass is 10.0. The van der Waals surface area contributed by atoms with Crippen LogP contribution in [-0.4, -0.2) is 52.2 Å². The number of imidazole rings is 1. The Hall–Kier alpha value is -4.55. The molecule has 5 aromatic rings. The van der Waals surface area contributed by atoms with Crippen LogP contribution in [0.15, 0.2) is 53.6 Å². The fraction of sp³-hybridized carbons (Fsp3) is 0.192. The fourth-order valence-electron chi connectivity index (χ4n) is 5.75. The summed E-state index contributed by atoms with van der Waals surface area (Å²) >= 11 is 12.9. The van der Waals surface area contributed by atoms with Crippen molar-refractivity contribution in [1.82, 2.24) is 39.7 Å². The van der Waals surface area contributed by atoms with E-state index in [0.717, 1.165) is 23.2 Å². The molecule has 12 nitrogen and oxygen atoms in total. The van der Waals surface area contributed by atoms with E-state index in [-0.39, 0.29) is 41.1 Å². The quantitative estimate of drug-likeness (QED) is 0.331. The van der Waals surface area contributed by atoms with Gasteiger partial charge in [-0.25, -0.2) is 9.97 Å². The van der Waals surface area contributed by atoms with Crippen molar-refractivity contribution in [3.63, 3.8) is 0 Å². The maximum Gasteiger partial charge on any atom is 0.262 e. The Kier molecular flexibility index (Phi) is 4.95. The van der Waals surface area contributed by atoms with Crippen molar-refractivity contribution in [2.75, 3.05) is 11.9 Å². The van der Waals surface area contributed by atoms with Crippen molar-refractivity contribution in [2.24, 2.45) is 5.92 Å². The number of anilines is 1. The zero-order chi connectivity index (χ0) is 27.1. The molecule has 2 aliphatic heterocycles. The number of carbonyl (C=O) groups excluding carboxylic acids is 1.